The van der Waals surface area contributed by atoms with Crippen molar-refractivity contribution < 1.29 is 14.3 Å². The fourth-order valence-corrected chi connectivity index (χ4v) is 3.26. The van der Waals surface area contributed by atoms with E-state index in [1.54, 1.807) is 0 Å². The van der Waals surface area contributed by atoms with Gasteiger partial charge >= 0.3 is 0 Å². The van der Waals surface area contributed by atoms with Crippen LogP contribution in [0.4, 0.5) is 0 Å². The Hall–Kier alpha value is -1.55. The average Bonchev–Trinajstić information content (AvgIpc) is 2.46. The Morgan fingerprint density at radius 2 is 1.81 bits per heavy atom. The van der Waals surface area contributed by atoms with E-state index < -0.39 is 0 Å². The molecule has 2 unspecified atom stereocenters. The average molecular weight is 289 g/mol. The third-order valence-corrected chi connectivity index (χ3v) is 4.19. The van der Waals surface area contributed by atoms with Crippen molar-refractivity contribution in [1.29, 1.82) is 0 Å². The number of piperidine rings is 1. The van der Waals surface area contributed by atoms with Gasteiger partial charge in [-0.25, -0.2) is 0 Å². The van der Waals surface area contributed by atoms with Crippen LogP contribution >= 0.6 is 0 Å². The summed E-state index contributed by atoms with van der Waals surface area (Å²) in [6, 6.07) is 7.98. The first kappa shape index (κ1) is 14.4. The molecule has 0 aliphatic carbocycles. The zero-order valence-electron chi connectivity index (χ0n) is 12.7. The van der Waals surface area contributed by atoms with Gasteiger partial charge in [-0.2, -0.15) is 0 Å². The van der Waals surface area contributed by atoms with Crippen molar-refractivity contribution in [2.45, 2.75) is 51.3 Å². The maximum Gasteiger partial charge on any atom is 0.254 e. The summed E-state index contributed by atoms with van der Waals surface area (Å²) in [6.45, 7) is 5.34. The molecule has 4 nitrogen and oxygen atoms in total. The van der Waals surface area contributed by atoms with Gasteiger partial charge in [0.2, 0.25) is 0 Å². The van der Waals surface area contributed by atoms with Gasteiger partial charge in [0.15, 0.2) is 0 Å². The van der Waals surface area contributed by atoms with Crippen LogP contribution in [0, 0.1) is 0 Å². The highest BCUT2D eigenvalue weighted by atomic mass is 16.5. The quantitative estimate of drug-likeness (QED) is 0.859. The molecule has 2 saturated heterocycles. The molecule has 114 valence electrons. The molecule has 0 radical (unpaired) electrons. The summed E-state index contributed by atoms with van der Waals surface area (Å²) in [7, 11) is 0. The minimum Gasteiger partial charge on any atom is -0.491 e. The minimum absolute atomic E-state index is 0.129. The number of fused-ring (bicyclic) bond motifs is 2. The van der Waals surface area contributed by atoms with Gasteiger partial charge in [0.1, 0.15) is 5.75 Å². The van der Waals surface area contributed by atoms with Gasteiger partial charge in [-0.3, -0.25) is 4.79 Å². The van der Waals surface area contributed by atoms with Crippen molar-refractivity contribution >= 4 is 5.91 Å². The number of morpholine rings is 1. The monoisotopic (exact) mass is 289 g/mol. The molecule has 2 aliphatic heterocycles. The standard InChI is InChI=1S/C17H23NO3/c1-12(2)21-16-8-6-13(7-9-16)17(19)18-14-4-3-5-15(18)11-20-10-14/h6-9,12,14-15H,3-5,10-11H2,1-2H3. The molecule has 0 spiro atoms. The maximum atomic E-state index is 12.8. The first-order valence-electron chi connectivity index (χ1n) is 7.82. The number of rotatable bonds is 3. The molecule has 0 saturated carbocycles. The first-order chi connectivity index (χ1) is 10.1. The molecule has 2 atom stereocenters. The first-order valence-corrected chi connectivity index (χ1v) is 7.82. The summed E-state index contributed by atoms with van der Waals surface area (Å²) >= 11 is 0. The lowest BCUT2D eigenvalue weighted by atomic mass is 9.93. The predicted molar refractivity (Wildman–Crippen MR) is 80.6 cm³/mol. The highest BCUT2D eigenvalue weighted by molar-refractivity contribution is 5.95. The lowest BCUT2D eigenvalue weighted by Crippen LogP contribution is -2.57. The van der Waals surface area contributed by atoms with Crippen LogP contribution in [0.25, 0.3) is 0 Å². The summed E-state index contributed by atoms with van der Waals surface area (Å²) in [5.74, 6) is 0.938. The Kier molecular flexibility index (Phi) is 4.15. The van der Waals surface area contributed by atoms with Crippen molar-refractivity contribution in [3.05, 3.63) is 29.8 Å². The van der Waals surface area contributed by atoms with Crippen LogP contribution in [0.1, 0.15) is 43.5 Å². The Morgan fingerprint density at radius 3 is 2.38 bits per heavy atom. The number of carbonyl (C=O) groups excluding carboxylic acids is 1. The van der Waals surface area contributed by atoms with E-state index in [4.69, 9.17) is 9.47 Å². The molecule has 1 amide bonds. The Balaban J connectivity index is 1.75. The zero-order valence-corrected chi connectivity index (χ0v) is 12.7. The van der Waals surface area contributed by atoms with Crippen LogP contribution in [-0.4, -0.2) is 42.2 Å². The molecule has 0 aromatic heterocycles. The molecule has 2 fully saturated rings. The zero-order chi connectivity index (χ0) is 14.8. The summed E-state index contributed by atoms with van der Waals surface area (Å²) in [6.07, 6.45) is 3.45. The minimum atomic E-state index is 0.129. The van der Waals surface area contributed by atoms with Gasteiger partial charge in [0.25, 0.3) is 5.91 Å². The Morgan fingerprint density at radius 1 is 1.19 bits per heavy atom. The number of hydrogen-bond donors (Lipinski definition) is 0. The van der Waals surface area contributed by atoms with E-state index in [0.717, 1.165) is 24.2 Å². The van der Waals surface area contributed by atoms with Gasteiger partial charge in [0, 0.05) is 5.56 Å². The van der Waals surface area contributed by atoms with E-state index in [2.05, 4.69) is 0 Å². The molecule has 0 N–H and O–H groups in total. The van der Waals surface area contributed by atoms with Gasteiger partial charge in [-0.05, 0) is 57.4 Å². The lowest BCUT2D eigenvalue weighted by molar-refractivity contribution is -0.0565. The van der Waals surface area contributed by atoms with Gasteiger partial charge in [0.05, 0.1) is 31.4 Å². The summed E-state index contributed by atoms with van der Waals surface area (Å²) < 4.78 is 11.2. The maximum absolute atomic E-state index is 12.8. The topological polar surface area (TPSA) is 38.8 Å². The summed E-state index contributed by atoms with van der Waals surface area (Å²) in [5, 5.41) is 0. The van der Waals surface area contributed by atoms with E-state index in [9.17, 15) is 4.79 Å². The van der Waals surface area contributed by atoms with Crippen LogP contribution in [0.2, 0.25) is 0 Å². The van der Waals surface area contributed by atoms with Crippen molar-refractivity contribution in [2.24, 2.45) is 0 Å². The largest absolute Gasteiger partial charge is 0.491 e. The summed E-state index contributed by atoms with van der Waals surface area (Å²) in [4.78, 5) is 14.8. The van der Waals surface area contributed by atoms with Crippen LogP contribution in [0.15, 0.2) is 24.3 Å². The molecule has 2 aliphatic rings. The molecule has 2 heterocycles. The third kappa shape index (κ3) is 3.05. The second kappa shape index (κ2) is 6.06. The van der Waals surface area contributed by atoms with Crippen molar-refractivity contribution in [1.82, 2.24) is 4.90 Å². The van der Waals surface area contributed by atoms with Crippen LogP contribution in [0.5, 0.6) is 5.75 Å². The van der Waals surface area contributed by atoms with Crippen LogP contribution < -0.4 is 4.74 Å². The fourth-order valence-electron chi connectivity index (χ4n) is 3.26. The molecule has 1 aromatic carbocycles. The number of hydrogen-bond acceptors (Lipinski definition) is 3. The number of carbonyl (C=O) groups is 1. The number of nitrogens with zero attached hydrogens (tertiary/aromatic N) is 1. The van der Waals surface area contributed by atoms with Crippen LogP contribution in [0.3, 0.4) is 0 Å². The third-order valence-electron chi connectivity index (χ3n) is 4.19. The molecular weight excluding hydrogens is 266 g/mol. The Bertz CT molecular complexity index is 475. The van der Waals surface area contributed by atoms with Gasteiger partial charge in [-0.1, -0.05) is 0 Å². The molecule has 21 heavy (non-hydrogen) atoms. The van der Waals surface area contributed by atoms with Crippen molar-refractivity contribution in [3.8, 4) is 5.75 Å². The van der Waals surface area contributed by atoms with E-state index in [0.29, 0.717) is 13.2 Å². The number of ether oxygens (including phenoxy) is 2. The van der Waals surface area contributed by atoms with E-state index in [1.807, 2.05) is 43.0 Å². The molecule has 1 aromatic rings. The van der Waals surface area contributed by atoms with E-state index >= 15 is 0 Å². The summed E-state index contributed by atoms with van der Waals surface area (Å²) in [5.41, 5.74) is 0.741. The van der Waals surface area contributed by atoms with Crippen LogP contribution in [-0.2, 0) is 4.74 Å². The number of benzene rings is 1. The Labute approximate surface area is 126 Å². The van der Waals surface area contributed by atoms with E-state index in [1.165, 1.54) is 6.42 Å². The van der Waals surface area contributed by atoms with Gasteiger partial charge < -0.3 is 14.4 Å². The highest BCUT2D eigenvalue weighted by Crippen LogP contribution is 2.29. The van der Waals surface area contributed by atoms with E-state index in [-0.39, 0.29) is 24.1 Å². The molecular formula is C17H23NO3. The molecule has 2 bridgehead atoms. The van der Waals surface area contributed by atoms with Crippen molar-refractivity contribution in [2.75, 3.05) is 13.2 Å². The predicted octanol–water partition coefficient (Wildman–Crippen LogP) is 2.87. The molecule has 3 rings (SSSR count). The van der Waals surface area contributed by atoms with Gasteiger partial charge in [-0.15, -0.1) is 0 Å². The van der Waals surface area contributed by atoms with Crippen molar-refractivity contribution in [3.63, 3.8) is 0 Å². The smallest absolute Gasteiger partial charge is 0.254 e. The normalized spacial score (nSPS) is 25.0. The molecule has 4 heteroatoms. The SMILES string of the molecule is CC(C)Oc1ccc(C(=O)N2C3CCCC2COC3)cc1. The second-order valence-electron chi connectivity index (χ2n) is 6.18. The second-order valence-corrected chi connectivity index (χ2v) is 6.18. The highest BCUT2D eigenvalue weighted by Gasteiger charge is 2.37. The fraction of sp³-hybridized carbons (Fsp3) is 0.588. The number of amides is 1. The lowest BCUT2D eigenvalue weighted by Gasteiger charge is -2.45.